The molecule has 0 spiro atoms. The van der Waals surface area contributed by atoms with Crippen molar-refractivity contribution in [2.75, 3.05) is 0 Å². The van der Waals surface area contributed by atoms with E-state index in [0.717, 1.165) is 0 Å². The van der Waals surface area contributed by atoms with Gasteiger partial charge in [-0.3, -0.25) is 0 Å². The molecule has 0 aliphatic rings. The summed E-state index contributed by atoms with van der Waals surface area (Å²) in [7, 11) is -4.64. The van der Waals surface area contributed by atoms with Crippen molar-refractivity contribution in [3.05, 3.63) is 0 Å². The van der Waals surface area contributed by atoms with Gasteiger partial charge in [0.1, 0.15) is 0 Å². The smallest absolute Gasteiger partial charge is 1.00 e. The Morgan fingerprint density at radius 3 is 1.22 bits per heavy atom. The van der Waals surface area contributed by atoms with Crippen LogP contribution < -0.4 is 63.8 Å². The van der Waals surface area contributed by atoms with Crippen LogP contribution in [0.1, 0.15) is 5.71 Å². The predicted octanol–water partition coefficient (Wildman–Crippen LogP) is -7.23. The summed E-state index contributed by atoms with van der Waals surface area (Å²) < 4.78 is 8.88. The summed E-state index contributed by atoms with van der Waals surface area (Å²) in [6.07, 6.45) is 0. The molecule has 0 unspecified atom stereocenters. The first-order valence-electron chi connectivity index (χ1n) is 0.783. The Hall–Kier alpha value is 4.06. The first-order valence-corrected chi connectivity index (χ1v) is 2.35. The Balaban J connectivity index is -0.00000000286. The van der Waals surface area contributed by atoms with Gasteiger partial charge < -0.3 is 32.8 Å². The maximum Gasteiger partial charge on any atom is 2.00 e. The van der Waals surface area contributed by atoms with Crippen LogP contribution in [0.25, 0.3) is 0 Å². The Kier molecular flexibility index (Phi) is 47.4. The number of hydrogen-bond donors (Lipinski definition) is 3. The van der Waals surface area contributed by atoms with Crippen molar-refractivity contribution in [2.24, 2.45) is 0 Å². The molecule has 0 saturated carbocycles. The zero-order valence-corrected chi connectivity index (χ0v) is 13.4. The van der Waals surface area contributed by atoms with E-state index in [1.54, 1.807) is 0 Å². The summed E-state index contributed by atoms with van der Waals surface area (Å²) in [6, 6.07) is 0. The molecule has 0 bridgehead atoms. The molecule has 4 nitrogen and oxygen atoms in total. The molecule has 0 aliphatic carbocycles. The molecule has 0 fully saturated rings. The summed E-state index contributed by atoms with van der Waals surface area (Å²) in [5.41, 5.74) is 0. The number of hydrogen-bond acceptors (Lipinski definition) is 1. The van der Waals surface area contributed by atoms with Crippen molar-refractivity contribution in [3.8, 4) is 0 Å². The molecule has 0 rings (SSSR count). The zero-order chi connectivity index (χ0) is 4.50. The van der Waals surface area contributed by atoms with Crippen LogP contribution in [0.15, 0.2) is 0 Å². The Labute approximate surface area is 154 Å². The van der Waals surface area contributed by atoms with Gasteiger partial charge in [0.2, 0.25) is 0 Å². The van der Waals surface area contributed by atoms with Crippen LogP contribution in [0.2, 0.25) is 0 Å². The van der Waals surface area contributed by atoms with Gasteiger partial charge in [-0.25, -0.2) is 4.57 Å². The Morgan fingerprint density at radius 1 is 1.22 bits per heavy atom. The third-order valence-corrected chi connectivity index (χ3v) is 0. The van der Waals surface area contributed by atoms with Crippen molar-refractivity contribution in [2.45, 2.75) is 0 Å². The molecule has 0 saturated heterocycles. The normalized spacial score (nSPS) is 6.56. The van der Waals surface area contributed by atoms with Crippen LogP contribution in [0.5, 0.6) is 0 Å². The van der Waals surface area contributed by atoms with Crippen molar-refractivity contribution in [1.29, 1.82) is 0 Å². The van der Waals surface area contributed by atoms with E-state index in [2.05, 4.69) is 0 Å². The molecular formula is H7CaClKMgO4P. The second-order valence-corrected chi connectivity index (χ2v) is 1.54. The predicted molar refractivity (Wildman–Crippen MR) is 30.2 cm³/mol. The quantitative estimate of drug-likeness (QED) is 0.291. The first kappa shape index (κ1) is 29.2. The fourth-order valence-corrected chi connectivity index (χ4v) is 0. The van der Waals surface area contributed by atoms with E-state index >= 15 is 0 Å². The first-order chi connectivity index (χ1) is 2.00. The summed E-state index contributed by atoms with van der Waals surface area (Å²) in [4.78, 5) is 21.6. The molecule has 9 heteroatoms. The van der Waals surface area contributed by atoms with Crippen LogP contribution in [0.3, 0.4) is 0 Å². The Bertz CT molecular complexity index is 78.3. The number of phosphoric acid groups is 1. The van der Waals surface area contributed by atoms with E-state index in [4.69, 9.17) is 19.2 Å². The van der Waals surface area contributed by atoms with Crippen molar-refractivity contribution >= 4 is 68.6 Å². The van der Waals surface area contributed by atoms with Crippen LogP contribution in [-0.2, 0) is 4.57 Å². The van der Waals surface area contributed by atoms with Crippen LogP contribution in [-0.4, -0.2) is 75.5 Å². The maximum atomic E-state index is 8.88. The van der Waals surface area contributed by atoms with Gasteiger partial charge in [-0.1, -0.05) is 0 Å². The average Bonchev–Trinajstić information content (AvgIpc) is 0.722. The molecule has 0 aromatic heterocycles. The van der Waals surface area contributed by atoms with E-state index in [1.807, 2.05) is 0 Å². The summed E-state index contributed by atoms with van der Waals surface area (Å²) >= 11 is 0. The van der Waals surface area contributed by atoms with Crippen LogP contribution in [0.4, 0.5) is 0 Å². The van der Waals surface area contributed by atoms with Gasteiger partial charge in [0, 0.05) is 0 Å². The minimum Gasteiger partial charge on any atom is -1.00 e. The van der Waals surface area contributed by atoms with Gasteiger partial charge in [-0.15, -0.1) is 0 Å². The van der Waals surface area contributed by atoms with E-state index in [1.165, 1.54) is 0 Å². The minimum absolute atomic E-state index is 0. The zero-order valence-electron chi connectivity index (χ0n) is 8.99. The van der Waals surface area contributed by atoms with Gasteiger partial charge >= 0.3 is 120 Å². The molecule has 9 heavy (non-hydrogen) atoms. The maximum absolute atomic E-state index is 8.88. The molecule has 0 aromatic carbocycles. The SMILES string of the molecule is O=P(O)(O)O.[Ca+2].[Cl-].[H-].[H-].[H-].[H-].[K+].[Mg+2]. The summed E-state index contributed by atoms with van der Waals surface area (Å²) in [5, 5.41) is 0. The summed E-state index contributed by atoms with van der Waals surface area (Å²) in [6.45, 7) is 0. The third-order valence-electron chi connectivity index (χ3n) is 0. The number of halogens is 1. The van der Waals surface area contributed by atoms with Gasteiger partial charge in [0.05, 0.1) is 0 Å². The fraction of sp³-hybridized carbons (Fsp3) is 0. The number of rotatable bonds is 0. The third kappa shape index (κ3) is 74.0. The molecule has 48 valence electrons. The minimum atomic E-state index is -4.64. The molecule has 0 amide bonds. The second kappa shape index (κ2) is 14.6. The standard InChI is InChI=1S/Ca.ClH.K.Mg.H3O4P.4H/c;;;;1-5(2,3)4;;;;/h;1H;;;(H3,1,2,3,4);;;;/q+2;;+1;+2;;4*-1/p-1. The van der Waals surface area contributed by atoms with Crippen molar-refractivity contribution < 1.29 is 88.7 Å². The van der Waals surface area contributed by atoms with Crippen molar-refractivity contribution in [3.63, 3.8) is 0 Å². The molecule has 0 radical (unpaired) electrons. The van der Waals surface area contributed by atoms with E-state index in [9.17, 15) is 0 Å². The Morgan fingerprint density at radius 2 is 1.22 bits per heavy atom. The van der Waals surface area contributed by atoms with E-state index in [0.29, 0.717) is 0 Å². The van der Waals surface area contributed by atoms with Gasteiger partial charge in [-0.2, -0.15) is 0 Å². The molecular weight excluding hydrogens is 234 g/mol. The molecule has 3 N–H and O–H groups in total. The molecule has 0 aromatic rings. The second-order valence-electron chi connectivity index (χ2n) is 0.513. The monoisotopic (exact) mass is 240 g/mol. The largest absolute Gasteiger partial charge is 2.00 e. The van der Waals surface area contributed by atoms with Gasteiger partial charge in [-0.05, 0) is 0 Å². The van der Waals surface area contributed by atoms with Gasteiger partial charge in [0.25, 0.3) is 0 Å². The van der Waals surface area contributed by atoms with E-state index in [-0.39, 0.29) is 130 Å². The molecule has 0 aliphatic heterocycles. The van der Waals surface area contributed by atoms with Gasteiger partial charge in [0.15, 0.2) is 0 Å². The van der Waals surface area contributed by atoms with Crippen LogP contribution >= 0.6 is 7.82 Å². The van der Waals surface area contributed by atoms with E-state index < -0.39 is 7.82 Å². The molecule has 0 atom stereocenters. The molecule has 0 heterocycles. The topological polar surface area (TPSA) is 77.8 Å². The van der Waals surface area contributed by atoms with Crippen LogP contribution in [0, 0.1) is 0 Å². The summed E-state index contributed by atoms with van der Waals surface area (Å²) in [5.74, 6) is 0. The average molecular weight is 241 g/mol. The van der Waals surface area contributed by atoms with Crippen molar-refractivity contribution in [1.82, 2.24) is 0 Å². The fourth-order valence-electron chi connectivity index (χ4n) is 0.